The highest BCUT2D eigenvalue weighted by Gasteiger charge is 2.25. The van der Waals surface area contributed by atoms with E-state index in [0.29, 0.717) is 13.1 Å². The molecular formula is C8H18N2O3S. The zero-order valence-corrected chi connectivity index (χ0v) is 9.89. The van der Waals surface area contributed by atoms with E-state index < -0.39 is 15.1 Å². The molecule has 84 valence electrons. The van der Waals surface area contributed by atoms with Gasteiger partial charge in [-0.05, 0) is 14.0 Å². The van der Waals surface area contributed by atoms with Gasteiger partial charge < -0.3 is 10.2 Å². The van der Waals surface area contributed by atoms with E-state index in [2.05, 4.69) is 5.32 Å². The van der Waals surface area contributed by atoms with Crippen LogP contribution in [0.4, 0.5) is 0 Å². The Balaban J connectivity index is 4.33. The first-order chi connectivity index (χ1) is 6.30. The van der Waals surface area contributed by atoms with Crippen LogP contribution in [0, 0.1) is 0 Å². The van der Waals surface area contributed by atoms with Gasteiger partial charge in [0.25, 0.3) is 0 Å². The van der Waals surface area contributed by atoms with Crippen molar-refractivity contribution in [3.8, 4) is 0 Å². The number of likely N-dealkylation sites (N-methyl/N-ethyl adjacent to an activating group) is 2. The second-order valence-electron chi connectivity index (χ2n) is 3.34. The van der Waals surface area contributed by atoms with Crippen LogP contribution in [0.3, 0.4) is 0 Å². The number of carbonyl (C=O) groups excluding carboxylic acids is 1. The number of sulfone groups is 1. The zero-order chi connectivity index (χ0) is 11.4. The maximum atomic E-state index is 11.5. The first-order valence-corrected chi connectivity index (χ1v) is 6.34. The number of nitrogens with zero attached hydrogens (tertiary/aromatic N) is 1. The molecule has 0 aromatic heterocycles. The summed E-state index contributed by atoms with van der Waals surface area (Å²) in [7, 11) is 0.0909. The highest BCUT2D eigenvalue weighted by atomic mass is 32.2. The van der Waals surface area contributed by atoms with Crippen molar-refractivity contribution in [2.24, 2.45) is 0 Å². The summed E-state index contributed by atoms with van der Waals surface area (Å²) in [6.07, 6.45) is 1.07. The monoisotopic (exact) mass is 222 g/mol. The molecule has 0 fully saturated rings. The molecule has 14 heavy (non-hydrogen) atoms. The van der Waals surface area contributed by atoms with Gasteiger partial charge in [-0.15, -0.1) is 0 Å². The maximum Gasteiger partial charge on any atom is 0.240 e. The molecule has 1 unspecified atom stereocenters. The maximum absolute atomic E-state index is 11.5. The second kappa shape index (κ2) is 5.31. The minimum atomic E-state index is -3.28. The number of carbonyl (C=O) groups is 1. The Hall–Kier alpha value is -0.620. The Morgan fingerprint density at radius 2 is 2.00 bits per heavy atom. The van der Waals surface area contributed by atoms with Crippen LogP contribution in [0.25, 0.3) is 0 Å². The van der Waals surface area contributed by atoms with E-state index in [1.165, 1.54) is 11.8 Å². The van der Waals surface area contributed by atoms with E-state index in [0.717, 1.165) is 6.26 Å². The summed E-state index contributed by atoms with van der Waals surface area (Å²) in [6.45, 7) is 2.57. The predicted octanol–water partition coefficient (Wildman–Crippen LogP) is -0.903. The molecular weight excluding hydrogens is 204 g/mol. The summed E-state index contributed by atoms with van der Waals surface area (Å²) in [5, 5.41) is 1.93. The first kappa shape index (κ1) is 13.4. The SMILES string of the molecule is CNCCN(C)C(=O)C(C)S(C)(=O)=O. The molecule has 0 aromatic carbocycles. The molecule has 5 nitrogen and oxygen atoms in total. The average molecular weight is 222 g/mol. The first-order valence-electron chi connectivity index (χ1n) is 4.39. The molecule has 0 bridgehead atoms. The van der Waals surface area contributed by atoms with Gasteiger partial charge in [0.2, 0.25) is 5.91 Å². The molecule has 1 amide bonds. The molecule has 1 N–H and O–H groups in total. The lowest BCUT2D eigenvalue weighted by atomic mass is 10.4. The van der Waals surface area contributed by atoms with Gasteiger partial charge >= 0.3 is 0 Å². The summed E-state index contributed by atoms with van der Waals surface area (Å²) in [6, 6.07) is 0. The van der Waals surface area contributed by atoms with Gasteiger partial charge in [0.1, 0.15) is 5.25 Å². The van der Waals surface area contributed by atoms with Crippen LogP contribution in [0.1, 0.15) is 6.92 Å². The van der Waals surface area contributed by atoms with Crippen molar-refractivity contribution in [2.75, 3.05) is 33.4 Å². The van der Waals surface area contributed by atoms with Gasteiger partial charge in [-0.3, -0.25) is 4.79 Å². The molecule has 0 spiro atoms. The van der Waals surface area contributed by atoms with Crippen molar-refractivity contribution in [3.05, 3.63) is 0 Å². The Morgan fingerprint density at radius 3 is 2.36 bits per heavy atom. The van der Waals surface area contributed by atoms with Gasteiger partial charge in [-0.1, -0.05) is 0 Å². The summed E-state index contributed by atoms with van der Waals surface area (Å²) >= 11 is 0. The summed E-state index contributed by atoms with van der Waals surface area (Å²) in [4.78, 5) is 12.9. The molecule has 1 atom stereocenters. The van der Waals surface area contributed by atoms with Crippen molar-refractivity contribution in [1.29, 1.82) is 0 Å². The third-order valence-corrected chi connectivity index (χ3v) is 3.55. The Morgan fingerprint density at radius 1 is 1.50 bits per heavy atom. The molecule has 6 heteroatoms. The quantitative estimate of drug-likeness (QED) is 0.654. The van der Waals surface area contributed by atoms with Gasteiger partial charge in [0.15, 0.2) is 9.84 Å². The fourth-order valence-electron chi connectivity index (χ4n) is 0.883. The summed E-state index contributed by atoms with van der Waals surface area (Å²) in [5.41, 5.74) is 0. The van der Waals surface area contributed by atoms with Crippen LogP contribution in [-0.2, 0) is 14.6 Å². The van der Waals surface area contributed by atoms with Gasteiger partial charge in [0, 0.05) is 26.4 Å². The van der Waals surface area contributed by atoms with Crippen LogP contribution in [0.15, 0.2) is 0 Å². The van der Waals surface area contributed by atoms with Crippen LogP contribution >= 0.6 is 0 Å². The number of hydrogen-bond acceptors (Lipinski definition) is 4. The largest absolute Gasteiger partial charge is 0.343 e. The lowest BCUT2D eigenvalue weighted by Gasteiger charge is -2.20. The van der Waals surface area contributed by atoms with Crippen molar-refractivity contribution < 1.29 is 13.2 Å². The number of nitrogens with one attached hydrogen (secondary N) is 1. The lowest BCUT2D eigenvalue weighted by Crippen LogP contribution is -2.41. The molecule has 0 aromatic rings. The third kappa shape index (κ3) is 4.06. The normalized spacial score (nSPS) is 13.7. The number of rotatable bonds is 5. The lowest BCUT2D eigenvalue weighted by molar-refractivity contribution is -0.129. The van der Waals surface area contributed by atoms with E-state index in [1.54, 1.807) is 14.1 Å². The Labute approximate surface area is 85.4 Å². The van der Waals surface area contributed by atoms with Gasteiger partial charge in [0.05, 0.1) is 0 Å². The van der Waals surface area contributed by atoms with Crippen LogP contribution in [-0.4, -0.2) is 57.9 Å². The number of amides is 1. The molecule has 0 heterocycles. The standard InChI is InChI=1S/C8H18N2O3S/c1-7(14(4,12)13)8(11)10(3)6-5-9-2/h7,9H,5-6H2,1-4H3. The van der Waals surface area contributed by atoms with Crippen molar-refractivity contribution in [3.63, 3.8) is 0 Å². The molecule has 0 saturated heterocycles. The van der Waals surface area contributed by atoms with Crippen LogP contribution < -0.4 is 5.32 Å². The van der Waals surface area contributed by atoms with Crippen LogP contribution in [0.5, 0.6) is 0 Å². The molecule has 0 aliphatic rings. The fourth-order valence-corrected chi connectivity index (χ4v) is 1.43. The van der Waals surface area contributed by atoms with Crippen molar-refractivity contribution in [1.82, 2.24) is 10.2 Å². The third-order valence-electron chi connectivity index (χ3n) is 2.06. The predicted molar refractivity (Wildman–Crippen MR) is 55.9 cm³/mol. The Bertz CT molecular complexity index is 287. The summed E-state index contributed by atoms with van der Waals surface area (Å²) in [5.74, 6) is -0.359. The van der Waals surface area contributed by atoms with E-state index in [-0.39, 0.29) is 5.91 Å². The van der Waals surface area contributed by atoms with E-state index in [1.807, 2.05) is 0 Å². The van der Waals surface area contributed by atoms with Crippen LogP contribution in [0.2, 0.25) is 0 Å². The molecule has 0 aliphatic heterocycles. The molecule has 0 aliphatic carbocycles. The molecule has 0 radical (unpaired) electrons. The van der Waals surface area contributed by atoms with Crippen molar-refractivity contribution >= 4 is 15.7 Å². The average Bonchev–Trinajstić information content (AvgIpc) is 2.10. The highest BCUT2D eigenvalue weighted by molar-refractivity contribution is 7.92. The van der Waals surface area contributed by atoms with E-state index in [9.17, 15) is 13.2 Å². The fraction of sp³-hybridized carbons (Fsp3) is 0.875. The molecule has 0 saturated carbocycles. The minimum Gasteiger partial charge on any atom is -0.343 e. The van der Waals surface area contributed by atoms with Gasteiger partial charge in [-0.25, -0.2) is 8.42 Å². The smallest absolute Gasteiger partial charge is 0.240 e. The van der Waals surface area contributed by atoms with E-state index >= 15 is 0 Å². The van der Waals surface area contributed by atoms with E-state index in [4.69, 9.17) is 0 Å². The Kier molecular flexibility index (Phi) is 5.07. The highest BCUT2D eigenvalue weighted by Crippen LogP contribution is 2.01. The van der Waals surface area contributed by atoms with Gasteiger partial charge in [-0.2, -0.15) is 0 Å². The summed E-state index contributed by atoms with van der Waals surface area (Å²) < 4.78 is 22.2. The topological polar surface area (TPSA) is 66.5 Å². The number of hydrogen-bond donors (Lipinski definition) is 1. The minimum absolute atomic E-state index is 0.359. The van der Waals surface area contributed by atoms with Crippen molar-refractivity contribution in [2.45, 2.75) is 12.2 Å². The molecule has 0 rings (SSSR count). The zero-order valence-electron chi connectivity index (χ0n) is 9.07. The second-order valence-corrected chi connectivity index (χ2v) is 5.70.